The van der Waals surface area contributed by atoms with Gasteiger partial charge in [-0.05, 0) is 32.0 Å². The van der Waals surface area contributed by atoms with Crippen molar-refractivity contribution in [2.45, 2.75) is 32.4 Å². The fraction of sp³-hybridized carbons (Fsp3) is 0.474. The lowest BCUT2D eigenvalue weighted by molar-refractivity contribution is -0.117. The van der Waals surface area contributed by atoms with Gasteiger partial charge in [0.2, 0.25) is 5.91 Å². The molecule has 1 saturated heterocycles. The first-order chi connectivity index (χ1) is 13.7. The van der Waals surface area contributed by atoms with Crippen LogP contribution in [0.15, 0.2) is 23.2 Å². The van der Waals surface area contributed by atoms with Crippen molar-refractivity contribution in [3.05, 3.63) is 34.4 Å². The smallest absolute Gasteiger partial charge is 0.252 e. The summed E-state index contributed by atoms with van der Waals surface area (Å²) in [4.78, 5) is 37.8. The van der Waals surface area contributed by atoms with Crippen LogP contribution in [0.4, 0.5) is 11.5 Å². The van der Waals surface area contributed by atoms with Crippen LogP contribution in [0.1, 0.15) is 35.8 Å². The van der Waals surface area contributed by atoms with Gasteiger partial charge in [0.15, 0.2) is 5.82 Å². The Balaban J connectivity index is 1.49. The molecule has 0 spiro atoms. The first-order valence-corrected chi connectivity index (χ1v) is 10.5. The summed E-state index contributed by atoms with van der Waals surface area (Å²) < 4.78 is 0. The minimum Gasteiger partial charge on any atom is -0.359 e. The monoisotopic (exact) mass is 400 g/mol. The number of amides is 2. The summed E-state index contributed by atoms with van der Waals surface area (Å²) in [7, 11) is 0. The van der Waals surface area contributed by atoms with E-state index in [0.717, 1.165) is 25.2 Å². The Morgan fingerprint density at radius 1 is 1.43 bits per heavy atom. The van der Waals surface area contributed by atoms with Gasteiger partial charge in [-0.25, -0.2) is 9.97 Å². The van der Waals surface area contributed by atoms with Gasteiger partial charge in [0.25, 0.3) is 5.91 Å². The van der Waals surface area contributed by atoms with E-state index < -0.39 is 0 Å². The van der Waals surface area contributed by atoms with Crippen LogP contribution in [0.5, 0.6) is 0 Å². The minimum atomic E-state index is -0.162. The highest BCUT2D eigenvalue weighted by molar-refractivity contribution is 7.07. The number of nitrogens with one attached hydrogen (secondary N) is 2. The number of hydrogen-bond acceptors (Lipinski definition) is 7. The van der Waals surface area contributed by atoms with Crippen molar-refractivity contribution in [3.8, 4) is 0 Å². The lowest BCUT2D eigenvalue weighted by Gasteiger charge is -2.29. The predicted molar refractivity (Wildman–Crippen MR) is 109 cm³/mol. The summed E-state index contributed by atoms with van der Waals surface area (Å²) in [5, 5.41) is 7.96. The van der Waals surface area contributed by atoms with E-state index in [1.807, 2.05) is 5.38 Å². The van der Waals surface area contributed by atoms with Gasteiger partial charge in [-0.3, -0.25) is 14.5 Å². The molecule has 4 heterocycles. The van der Waals surface area contributed by atoms with Gasteiger partial charge in [-0.15, -0.1) is 11.3 Å². The highest BCUT2D eigenvalue weighted by Gasteiger charge is 2.27. The van der Waals surface area contributed by atoms with Crippen LogP contribution in [0, 0.1) is 0 Å². The molecule has 8 nitrogen and oxygen atoms in total. The molecule has 0 unspecified atom stereocenters. The molecule has 0 radical (unpaired) electrons. The Kier molecular flexibility index (Phi) is 5.54. The van der Waals surface area contributed by atoms with Gasteiger partial charge < -0.3 is 15.5 Å². The third-order valence-corrected chi connectivity index (χ3v) is 5.97. The van der Waals surface area contributed by atoms with E-state index in [2.05, 4.69) is 32.4 Å². The highest BCUT2D eigenvalue weighted by atomic mass is 32.1. The van der Waals surface area contributed by atoms with E-state index in [9.17, 15) is 9.59 Å². The van der Waals surface area contributed by atoms with Crippen molar-refractivity contribution in [1.29, 1.82) is 0 Å². The standard InChI is InChI=1S/C19H24N6O2S/c1-2-24-5-3-4-15(24)8-22-19(27)13-6-16-18(20-7-13)21-9-17(26)25(16)10-14-11-28-12-23-14/h6-7,11-12,15H,2-5,8-10H2,1H3,(H,20,21)(H,22,27)/t15-/m0/s1. The number of thiazole rings is 1. The molecule has 0 saturated carbocycles. The number of rotatable bonds is 6. The van der Waals surface area contributed by atoms with Crippen molar-refractivity contribution in [3.63, 3.8) is 0 Å². The number of hydrogen-bond donors (Lipinski definition) is 2. The molecule has 0 aromatic carbocycles. The van der Waals surface area contributed by atoms with Crippen LogP contribution in [0.25, 0.3) is 0 Å². The second-order valence-corrected chi connectivity index (χ2v) is 7.76. The maximum atomic E-state index is 12.7. The molecule has 9 heteroatoms. The average Bonchev–Trinajstić information content (AvgIpc) is 3.39. The zero-order valence-corrected chi connectivity index (χ0v) is 16.7. The Morgan fingerprint density at radius 3 is 3.11 bits per heavy atom. The van der Waals surface area contributed by atoms with Gasteiger partial charge in [0, 0.05) is 24.2 Å². The number of nitrogens with zero attached hydrogens (tertiary/aromatic N) is 4. The number of fused-ring (bicyclic) bond motifs is 1. The van der Waals surface area contributed by atoms with Crippen LogP contribution in [-0.4, -0.2) is 58.9 Å². The zero-order chi connectivity index (χ0) is 19.5. The highest BCUT2D eigenvalue weighted by Crippen LogP contribution is 2.29. The molecular weight excluding hydrogens is 376 g/mol. The second kappa shape index (κ2) is 8.24. The third kappa shape index (κ3) is 3.85. The van der Waals surface area contributed by atoms with Gasteiger partial charge in [0.05, 0.1) is 35.5 Å². The molecule has 2 aliphatic heterocycles. The van der Waals surface area contributed by atoms with Gasteiger partial charge >= 0.3 is 0 Å². The summed E-state index contributed by atoms with van der Waals surface area (Å²) in [5.74, 6) is 0.383. The average molecular weight is 401 g/mol. The van der Waals surface area contributed by atoms with Crippen molar-refractivity contribution in [2.24, 2.45) is 0 Å². The largest absolute Gasteiger partial charge is 0.359 e. The van der Waals surface area contributed by atoms with Crippen molar-refractivity contribution < 1.29 is 9.59 Å². The fourth-order valence-corrected chi connectivity index (χ4v) is 4.36. The fourth-order valence-electron chi connectivity index (χ4n) is 3.81. The van der Waals surface area contributed by atoms with E-state index in [1.54, 1.807) is 22.7 Å². The Bertz CT molecular complexity index is 856. The topological polar surface area (TPSA) is 90.5 Å². The summed E-state index contributed by atoms with van der Waals surface area (Å²) in [5.41, 5.74) is 3.64. The maximum Gasteiger partial charge on any atom is 0.252 e. The van der Waals surface area contributed by atoms with Crippen LogP contribution in [0.2, 0.25) is 0 Å². The SMILES string of the molecule is CCN1CCC[C@H]1CNC(=O)c1cnc2c(c1)N(Cc1cscn1)C(=O)CN2. The van der Waals surface area contributed by atoms with Crippen molar-refractivity contribution >= 4 is 34.7 Å². The van der Waals surface area contributed by atoms with Gasteiger partial charge in [-0.1, -0.05) is 6.92 Å². The molecule has 2 aromatic heterocycles. The first-order valence-electron chi connectivity index (χ1n) is 9.59. The molecule has 148 valence electrons. The maximum absolute atomic E-state index is 12.7. The van der Waals surface area contributed by atoms with E-state index in [-0.39, 0.29) is 18.4 Å². The zero-order valence-electron chi connectivity index (χ0n) is 15.9. The van der Waals surface area contributed by atoms with E-state index in [4.69, 9.17) is 0 Å². The van der Waals surface area contributed by atoms with E-state index in [0.29, 0.717) is 36.2 Å². The molecule has 1 atom stereocenters. The normalized spacial score (nSPS) is 19.4. The minimum absolute atomic E-state index is 0.0654. The summed E-state index contributed by atoms with van der Waals surface area (Å²) in [6.45, 7) is 5.43. The number of carbonyl (C=O) groups is 2. The molecular formula is C19H24N6O2S. The molecule has 2 amide bonds. The van der Waals surface area contributed by atoms with Crippen molar-refractivity contribution in [2.75, 3.05) is 36.4 Å². The van der Waals surface area contributed by atoms with Crippen LogP contribution in [-0.2, 0) is 11.3 Å². The lowest BCUT2D eigenvalue weighted by Crippen LogP contribution is -2.41. The van der Waals surface area contributed by atoms with Gasteiger partial charge in [-0.2, -0.15) is 0 Å². The second-order valence-electron chi connectivity index (χ2n) is 7.04. The molecule has 2 aromatic rings. The van der Waals surface area contributed by atoms with Gasteiger partial charge in [0.1, 0.15) is 0 Å². The Hall–Kier alpha value is -2.52. The summed E-state index contributed by atoms with van der Waals surface area (Å²) >= 11 is 1.49. The number of anilines is 2. The first kappa shape index (κ1) is 18.8. The van der Waals surface area contributed by atoms with E-state index in [1.165, 1.54) is 17.8 Å². The molecule has 0 bridgehead atoms. The summed E-state index contributed by atoms with van der Waals surface area (Å²) in [6.07, 6.45) is 3.84. The Labute approximate surface area is 168 Å². The Morgan fingerprint density at radius 2 is 2.32 bits per heavy atom. The third-order valence-electron chi connectivity index (χ3n) is 5.34. The quantitative estimate of drug-likeness (QED) is 0.767. The number of likely N-dealkylation sites (N-methyl/N-ethyl adjacent to an activating group) is 1. The number of likely N-dealkylation sites (tertiary alicyclic amines) is 1. The molecule has 0 aliphatic carbocycles. The van der Waals surface area contributed by atoms with Crippen LogP contribution < -0.4 is 15.5 Å². The van der Waals surface area contributed by atoms with E-state index >= 15 is 0 Å². The number of pyridine rings is 1. The molecule has 2 N–H and O–H groups in total. The van der Waals surface area contributed by atoms with Crippen molar-refractivity contribution in [1.82, 2.24) is 20.2 Å². The molecule has 2 aliphatic rings. The molecule has 1 fully saturated rings. The predicted octanol–water partition coefficient (Wildman–Crippen LogP) is 1.71. The van der Waals surface area contributed by atoms with Crippen LogP contribution >= 0.6 is 11.3 Å². The number of aromatic nitrogens is 2. The number of carbonyl (C=O) groups excluding carboxylic acids is 2. The molecule has 28 heavy (non-hydrogen) atoms. The van der Waals surface area contributed by atoms with Crippen LogP contribution in [0.3, 0.4) is 0 Å². The lowest BCUT2D eigenvalue weighted by atomic mass is 10.1. The summed E-state index contributed by atoms with van der Waals surface area (Å²) in [6, 6.07) is 2.13. The molecule has 4 rings (SSSR count).